The van der Waals surface area contributed by atoms with Crippen molar-refractivity contribution in [3.63, 3.8) is 0 Å². The second-order valence-corrected chi connectivity index (χ2v) is 4.88. The maximum atomic E-state index is 5.70. The third kappa shape index (κ3) is 2.70. The molecule has 98 valence electrons. The molecule has 0 amide bonds. The molecule has 0 unspecified atom stereocenters. The van der Waals surface area contributed by atoms with Gasteiger partial charge in [0.1, 0.15) is 0 Å². The van der Waals surface area contributed by atoms with E-state index < -0.39 is 0 Å². The first-order valence-corrected chi connectivity index (χ1v) is 6.79. The SMILES string of the molecule is c1cc2c(cc1NC1CCNCC1)OCCCO2. The molecule has 18 heavy (non-hydrogen) atoms. The number of anilines is 1. The highest BCUT2D eigenvalue weighted by molar-refractivity contribution is 5.55. The summed E-state index contributed by atoms with van der Waals surface area (Å²) in [4.78, 5) is 0. The summed E-state index contributed by atoms with van der Waals surface area (Å²) in [5.74, 6) is 1.73. The van der Waals surface area contributed by atoms with Crippen molar-refractivity contribution in [3.05, 3.63) is 18.2 Å². The van der Waals surface area contributed by atoms with Gasteiger partial charge in [0.2, 0.25) is 0 Å². The van der Waals surface area contributed by atoms with E-state index in [9.17, 15) is 0 Å². The van der Waals surface area contributed by atoms with Crippen molar-refractivity contribution in [1.29, 1.82) is 0 Å². The summed E-state index contributed by atoms with van der Waals surface area (Å²) in [6.45, 7) is 3.68. The Balaban J connectivity index is 1.70. The molecule has 0 bridgehead atoms. The smallest absolute Gasteiger partial charge is 0.163 e. The average Bonchev–Trinajstić information content (AvgIpc) is 2.64. The molecule has 0 aromatic heterocycles. The predicted octanol–water partition coefficient (Wildman–Crippen LogP) is 2.01. The molecular formula is C14H20N2O2. The number of ether oxygens (including phenoxy) is 2. The molecular weight excluding hydrogens is 228 g/mol. The lowest BCUT2D eigenvalue weighted by molar-refractivity contribution is 0.297. The van der Waals surface area contributed by atoms with Crippen LogP contribution < -0.4 is 20.1 Å². The van der Waals surface area contributed by atoms with E-state index in [-0.39, 0.29) is 0 Å². The largest absolute Gasteiger partial charge is 0.490 e. The second kappa shape index (κ2) is 5.48. The molecule has 1 fully saturated rings. The van der Waals surface area contributed by atoms with E-state index in [1.807, 2.05) is 6.07 Å². The summed E-state index contributed by atoms with van der Waals surface area (Å²) >= 11 is 0. The van der Waals surface area contributed by atoms with Gasteiger partial charge in [0.15, 0.2) is 11.5 Å². The number of rotatable bonds is 2. The number of piperidine rings is 1. The minimum Gasteiger partial charge on any atom is -0.490 e. The number of hydrogen-bond donors (Lipinski definition) is 2. The zero-order chi connectivity index (χ0) is 12.2. The summed E-state index contributed by atoms with van der Waals surface area (Å²) in [7, 11) is 0. The van der Waals surface area contributed by atoms with Crippen LogP contribution in [0.25, 0.3) is 0 Å². The fraction of sp³-hybridized carbons (Fsp3) is 0.571. The predicted molar refractivity (Wildman–Crippen MR) is 71.6 cm³/mol. The van der Waals surface area contributed by atoms with E-state index in [0.29, 0.717) is 6.04 Å². The van der Waals surface area contributed by atoms with Crippen LogP contribution in [0.15, 0.2) is 18.2 Å². The van der Waals surface area contributed by atoms with Crippen molar-refractivity contribution in [2.45, 2.75) is 25.3 Å². The molecule has 0 atom stereocenters. The first-order valence-electron chi connectivity index (χ1n) is 6.79. The Hall–Kier alpha value is -1.42. The van der Waals surface area contributed by atoms with E-state index in [1.165, 1.54) is 12.8 Å². The molecule has 4 heteroatoms. The molecule has 0 radical (unpaired) electrons. The maximum absolute atomic E-state index is 5.70. The van der Waals surface area contributed by atoms with Crippen LogP contribution in [0.5, 0.6) is 11.5 Å². The summed E-state index contributed by atoms with van der Waals surface area (Å²) < 4.78 is 11.3. The molecule has 2 aliphatic rings. The normalized spacial score (nSPS) is 20.2. The lowest BCUT2D eigenvalue weighted by atomic mass is 10.1. The average molecular weight is 248 g/mol. The van der Waals surface area contributed by atoms with Crippen molar-refractivity contribution in [3.8, 4) is 11.5 Å². The third-order valence-electron chi connectivity index (χ3n) is 3.46. The van der Waals surface area contributed by atoms with Crippen LogP contribution in [0.2, 0.25) is 0 Å². The highest BCUT2D eigenvalue weighted by Gasteiger charge is 2.15. The van der Waals surface area contributed by atoms with Crippen molar-refractivity contribution < 1.29 is 9.47 Å². The first kappa shape index (κ1) is 11.7. The summed E-state index contributed by atoms with van der Waals surface area (Å²) in [6, 6.07) is 6.71. The summed E-state index contributed by atoms with van der Waals surface area (Å²) in [5.41, 5.74) is 1.13. The fourth-order valence-corrected chi connectivity index (χ4v) is 2.46. The van der Waals surface area contributed by atoms with Gasteiger partial charge in [-0.3, -0.25) is 0 Å². The zero-order valence-corrected chi connectivity index (χ0v) is 10.6. The molecule has 0 saturated carbocycles. The van der Waals surface area contributed by atoms with Crippen LogP contribution in [0, 0.1) is 0 Å². The van der Waals surface area contributed by atoms with Crippen molar-refractivity contribution in [2.75, 3.05) is 31.6 Å². The second-order valence-electron chi connectivity index (χ2n) is 4.88. The number of fused-ring (bicyclic) bond motifs is 1. The van der Waals surface area contributed by atoms with Crippen molar-refractivity contribution in [2.24, 2.45) is 0 Å². The molecule has 2 heterocycles. The van der Waals surface area contributed by atoms with Gasteiger partial charge in [-0.1, -0.05) is 0 Å². The van der Waals surface area contributed by atoms with Gasteiger partial charge >= 0.3 is 0 Å². The maximum Gasteiger partial charge on any atom is 0.163 e. The quantitative estimate of drug-likeness (QED) is 0.840. The molecule has 0 spiro atoms. The lowest BCUT2D eigenvalue weighted by Crippen LogP contribution is -2.35. The minimum atomic E-state index is 0.566. The van der Waals surface area contributed by atoms with Gasteiger partial charge in [-0.25, -0.2) is 0 Å². The highest BCUT2D eigenvalue weighted by atomic mass is 16.5. The standard InChI is InChI=1S/C14H20N2O2/c1-8-17-13-3-2-12(10-14(13)18-9-1)16-11-4-6-15-7-5-11/h2-3,10-11,15-16H,1,4-9H2. The molecule has 1 aromatic rings. The topological polar surface area (TPSA) is 42.5 Å². The van der Waals surface area contributed by atoms with E-state index in [4.69, 9.17) is 9.47 Å². The van der Waals surface area contributed by atoms with Crippen LogP contribution in [0.4, 0.5) is 5.69 Å². The molecule has 0 aliphatic carbocycles. The van der Waals surface area contributed by atoms with Gasteiger partial charge in [-0.05, 0) is 38.1 Å². The zero-order valence-electron chi connectivity index (χ0n) is 10.6. The van der Waals surface area contributed by atoms with E-state index in [2.05, 4.69) is 22.8 Å². The van der Waals surface area contributed by atoms with Crippen LogP contribution >= 0.6 is 0 Å². The Labute approximate surface area is 108 Å². The van der Waals surface area contributed by atoms with Crippen molar-refractivity contribution >= 4 is 5.69 Å². The van der Waals surface area contributed by atoms with Crippen LogP contribution in [-0.4, -0.2) is 32.3 Å². The lowest BCUT2D eigenvalue weighted by Gasteiger charge is -2.25. The minimum absolute atomic E-state index is 0.566. The first-order chi connectivity index (χ1) is 8.92. The van der Waals surface area contributed by atoms with Gasteiger partial charge in [0.05, 0.1) is 13.2 Å². The van der Waals surface area contributed by atoms with Gasteiger partial charge in [0, 0.05) is 24.2 Å². The number of nitrogens with one attached hydrogen (secondary N) is 2. The molecule has 1 saturated heterocycles. The number of benzene rings is 1. The summed E-state index contributed by atoms with van der Waals surface area (Å²) in [6.07, 6.45) is 3.30. The fourth-order valence-electron chi connectivity index (χ4n) is 2.46. The summed E-state index contributed by atoms with van der Waals surface area (Å²) in [5, 5.41) is 6.95. The Morgan fingerprint density at radius 2 is 1.83 bits per heavy atom. The van der Waals surface area contributed by atoms with Crippen molar-refractivity contribution in [1.82, 2.24) is 5.32 Å². The van der Waals surface area contributed by atoms with Crippen LogP contribution in [0.1, 0.15) is 19.3 Å². The molecule has 4 nitrogen and oxygen atoms in total. The van der Waals surface area contributed by atoms with E-state index >= 15 is 0 Å². The molecule has 2 N–H and O–H groups in total. The molecule has 1 aromatic carbocycles. The Morgan fingerprint density at radius 1 is 1.06 bits per heavy atom. The van der Waals surface area contributed by atoms with Gasteiger partial charge in [-0.15, -0.1) is 0 Å². The van der Waals surface area contributed by atoms with E-state index in [1.54, 1.807) is 0 Å². The monoisotopic (exact) mass is 248 g/mol. The molecule has 2 aliphatic heterocycles. The van der Waals surface area contributed by atoms with Crippen LogP contribution in [-0.2, 0) is 0 Å². The Morgan fingerprint density at radius 3 is 2.67 bits per heavy atom. The highest BCUT2D eigenvalue weighted by Crippen LogP contribution is 2.32. The Bertz CT molecular complexity index is 403. The van der Waals surface area contributed by atoms with Gasteiger partial charge in [0.25, 0.3) is 0 Å². The third-order valence-corrected chi connectivity index (χ3v) is 3.46. The van der Waals surface area contributed by atoms with E-state index in [0.717, 1.165) is 49.9 Å². The Kier molecular flexibility index (Phi) is 3.55. The molecule has 3 rings (SSSR count). The number of hydrogen-bond acceptors (Lipinski definition) is 4. The van der Waals surface area contributed by atoms with Gasteiger partial charge in [-0.2, -0.15) is 0 Å². The van der Waals surface area contributed by atoms with Crippen LogP contribution in [0.3, 0.4) is 0 Å². The van der Waals surface area contributed by atoms with Gasteiger partial charge < -0.3 is 20.1 Å².